The van der Waals surface area contributed by atoms with Gasteiger partial charge in [0.1, 0.15) is 0 Å². The van der Waals surface area contributed by atoms with Crippen molar-refractivity contribution >= 4 is 11.8 Å². The molecule has 132 valence electrons. The second-order valence-electron chi connectivity index (χ2n) is 6.65. The van der Waals surface area contributed by atoms with Crippen LogP contribution in [0.3, 0.4) is 0 Å². The predicted octanol–water partition coefficient (Wildman–Crippen LogP) is -0.0263. The number of hydrogen-bond donors (Lipinski definition) is 2. The lowest BCUT2D eigenvalue weighted by Gasteiger charge is -2.26. The Morgan fingerprint density at radius 2 is 1.78 bits per heavy atom. The smallest absolute Gasteiger partial charge is 0.266 e. The summed E-state index contributed by atoms with van der Waals surface area (Å²) in [5, 5.41) is 20.3. The van der Waals surface area contributed by atoms with Gasteiger partial charge in [-0.3, -0.25) is 9.59 Å². The average Bonchev–Trinajstić information content (AvgIpc) is 2.80. The number of aliphatic hydroxyl groups excluding tert-OH is 1. The zero-order valence-electron chi connectivity index (χ0n) is 14.5. The molecule has 2 amide bonds. The lowest BCUT2D eigenvalue weighted by atomic mass is 9.93. The summed E-state index contributed by atoms with van der Waals surface area (Å²) in [6.07, 6.45) is 2.56. The van der Waals surface area contributed by atoms with Gasteiger partial charge in [-0.25, -0.2) is 0 Å². The Hall–Kier alpha value is -1.60. The van der Waals surface area contributed by atoms with Gasteiger partial charge in [-0.05, 0) is 32.3 Å². The summed E-state index contributed by atoms with van der Waals surface area (Å²) in [5.41, 5.74) is -0.793. The Kier molecular flexibility index (Phi) is 6.58. The molecule has 0 aromatic rings. The summed E-state index contributed by atoms with van der Waals surface area (Å²) >= 11 is 0. The van der Waals surface area contributed by atoms with Crippen molar-refractivity contribution in [1.82, 2.24) is 9.80 Å². The van der Waals surface area contributed by atoms with Gasteiger partial charge in [-0.15, -0.1) is 0 Å². The van der Waals surface area contributed by atoms with Gasteiger partial charge in [-0.2, -0.15) is 0 Å². The molecule has 0 bridgehead atoms. The zero-order valence-corrected chi connectivity index (χ0v) is 14.5. The van der Waals surface area contributed by atoms with E-state index in [0.29, 0.717) is 6.42 Å². The lowest BCUT2D eigenvalue weighted by molar-refractivity contribution is -0.155. The van der Waals surface area contributed by atoms with Crippen LogP contribution in [-0.4, -0.2) is 77.8 Å². The number of amides is 2. The molecule has 2 N–H and O–H groups in total. The highest BCUT2D eigenvalue weighted by Gasteiger charge is 2.37. The molecule has 7 nitrogen and oxygen atoms in total. The van der Waals surface area contributed by atoms with Crippen molar-refractivity contribution in [1.29, 1.82) is 0 Å². The van der Waals surface area contributed by atoms with Gasteiger partial charge in [0.25, 0.3) is 11.8 Å². The Morgan fingerprint density at radius 3 is 2.22 bits per heavy atom. The van der Waals surface area contributed by atoms with E-state index < -0.39 is 29.6 Å². The first-order valence-corrected chi connectivity index (χ1v) is 7.73. The van der Waals surface area contributed by atoms with Crippen molar-refractivity contribution < 1.29 is 24.5 Å². The summed E-state index contributed by atoms with van der Waals surface area (Å²) in [7, 11) is 6.04. The van der Waals surface area contributed by atoms with E-state index in [9.17, 15) is 19.8 Å². The highest BCUT2D eigenvalue weighted by atomic mass is 16.5. The van der Waals surface area contributed by atoms with Crippen LogP contribution in [0.4, 0.5) is 0 Å². The first-order valence-electron chi connectivity index (χ1n) is 7.73. The molecule has 0 saturated heterocycles. The van der Waals surface area contributed by atoms with Gasteiger partial charge in [0.05, 0.1) is 11.9 Å². The molecule has 1 fully saturated rings. The molecule has 1 aliphatic carbocycles. The molecule has 0 spiro atoms. The van der Waals surface area contributed by atoms with Crippen LogP contribution in [0.25, 0.3) is 0 Å². The van der Waals surface area contributed by atoms with Gasteiger partial charge in [-0.1, -0.05) is 0 Å². The van der Waals surface area contributed by atoms with Crippen LogP contribution in [0, 0.1) is 5.92 Å². The van der Waals surface area contributed by atoms with Gasteiger partial charge < -0.3 is 24.7 Å². The molecule has 1 saturated carbocycles. The highest BCUT2D eigenvalue weighted by molar-refractivity contribution is 5.90. The maximum absolute atomic E-state index is 12.2. The number of ether oxygens (including phenoxy) is 1. The van der Waals surface area contributed by atoms with Gasteiger partial charge in [0.15, 0.2) is 6.10 Å². The minimum atomic E-state index is -1.59. The summed E-state index contributed by atoms with van der Waals surface area (Å²) in [6.45, 7) is 1.77. The normalized spacial score (nSPS) is 26.8. The third kappa shape index (κ3) is 4.94. The first-order chi connectivity index (χ1) is 10.6. The van der Waals surface area contributed by atoms with E-state index in [1.165, 1.54) is 44.3 Å². The van der Waals surface area contributed by atoms with Crippen molar-refractivity contribution in [2.24, 2.45) is 5.92 Å². The Labute approximate surface area is 137 Å². The number of aliphatic hydroxyl groups is 2. The average molecular weight is 328 g/mol. The van der Waals surface area contributed by atoms with Crippen LogP contribution in [0.2, 0.25) is 0 Å². The van der Waals surface area contributed by atoms with E-state index >= 15 is 0 Å². The van der Waals surface area contributed by atoms with E-state index in [0.717, 1.165) is 12.8 Å². The van der Waals surface area contributed by atoms with Crippen LogP contribution in [0.5, 0.6) is 0 Å². The highest BCUT2D eigenvalue weighted by Crippen LogP contribution is 2.36. The molecule has 0 unspecified atom stereocenters. The van der Waals surface area contributed by atoms with Crippen LogP contribution < -0.4 is 0 Å². The number of rotatable bonds is 6. The fourth-order valence-corrected chi connectivity index (χ4v) is 2.62. The van der Waals surface area contributed by atoms with E-state index in [1.807, 2.05) is 0 Å². The molecule has 0 radical (unpaired) electrons. The maximum atomic E-state index is 12.2. The summed E-state index contributed by atoms with van der Waals surface area (Å²) in [6, 6.07) is 0. The van der Waals surface area contributed by atoms with Gasteiger partial charge >= 0.3 is 0 Å². The number of likely N-dealkylation sites (N-methyl/N-ethyl adjacent to an activating group) is 2. The second kappa shape index (κ2) is 7.79. The maximum Gasteiger partial charge on any atom is 0.266 e. The third-order valence-electron chi connectivity index (χ3n) is 4.20. The summed E-state index contributed by atoms with van der Waals surface area (Å²) in [4.78, 5) is 26.5. The number of nitrogens with zero attached hydrogens (tertiary/aromatic N) is 2. The molecule has 1 rings (SSSR count). The van der Waals surface area contributed by atoms with Crippen LogP contribution >= 0.6 is 0 Å². The van der Waals surface area contributed by atoms with E-state index in [4.69, 9.17) is 4.74 Å². The zero-order chi connectivity index (χ0) is 17.8. The van der Waals surface area contributed by atoms with Gasteiger partial charge in [0, 0.05) is 34.1 Å². The van der Waals surface area contributed by atoms with Crippen LogP contribution in [0.15, 0.2) is 12.3 Å². The molecule has 23 heavy (non-hydrogen) atoms. The molecule has 1 aliphatic rings. The molecule has 7 heteroatoms. The molecular formula is C16H28N2O5. The van der Waals surface area contributed by atoms with Crippen molar-refractivity contribution in [3.63, 3.8) is 0 Å². The van der Waals surface area contributed by atoms with Crippen LogP contribution in [-0.2, 0) is 14.3 Å². The predicted molar refractivity (Wildman–Crippen MR) is 85.4 cm³/mol. The second-order valence-corrected chi connectivity index (χ2v) is 6.65. The van der Waals surface area contributed by atoms with Crippen LogP contribution in [0.1, 0.15) is 26.2 Å². The topological polar surface area (TPSA) is 90.3 Å². The third-order valence-corrected chi connectivity index (χ3v) is 4.20. The van der Waals surface area contributed by atoms with E-state index in [1.54, 1.807) is 13.0 Å². The molecule has 0 aromatic heterocycles. The molecule has 0 aromatic carbocycles. The molecular weight excluding hydrogens is 300 g/mol. The largest absolute Gasteiger partial charge is 0.485 e. The van der Waals surface area contributed by atoms with Crippen molar-refractivity contribution in [3.8, 4) is 0 Å². The summed E-state index contributed by atoms with van der Waals surface area (Å²) < 4.78 is 5.37. The Bertz CT molecular complexity index is 459. The quantitative estimate of drug-likeness (QED) is 0.669. The van der Waals surface area contributed by atoms with Gasteiger partial charge in [0.2, 0.25) is 6.10 Å². The number of carbonyl (C=O) groups excluding carboxylic acids is 2. The first kappa shape index (κ1) is 19.4. The Balaban J connectivity index is 2.81. The van der Waals surface area contributed by atoms with E-state index in [-0.39, 0.29) is 5.92 Å². The molecule has 0 heterocycles. The summed E-state index contributed by atoms with van der Waals surface area (Å²) in [5.74, 6) is -1.18. The Morgan fingerprint density at radius 1 is 1.22 bits per heavy atom. The molecule has 0 aliphatic heterocycles. The minimum absolute atomic E-state index is 0.0701. The fraction of sp³-hybridized carbons (Fsp3) is 0.750. The monoisotopic (exact) mass is 328 g/mol. The van der Waals surface area contributed by atoms with E-state index in [2.05, 4.69) is 0 Å². The van der Waals surface area contributed by atoms with Crippen molar-refractivity contribution in [3.05, 3.63) is 12.3 Å². The number of hydrogen-bond acceptors (Lipinski definition) is 5. The lowest BCUT2D eigenvalue weighted by Crippen LogP contribution is -2.49. The minimum Gasteiger partial charge on any atom is -0.485 e. The fourth-order valence-electron chi connectivity index (χ4n) is 2.62. The SMILES string of the molecule is CN(C)C(=O)[C@H](O)[C@@H](O/C=C/[C@@H]1CCC[C@]1(C)O)C(=O)N(C)C. The van der Waals surface area contributed by atoms with Crippen molar-refractivity contribution in [2.45, 2.75) is 44.0 Å². The molecule has 4 atom stereocenters. The number of carbonyl (C=O) groups is 2. The standard InChI is InChI=1S/C16H28N2O5/c1-16(22)9-6-7-11(16)8-10-23-13(15(21)18(4)5)12(19)14(20)17(2)3/h8,10-13,19,22H,6-7,9H2,1-5H3/b10-8+/t11-,12+,13+,16-/m0/s1. The van der Waals surface area contributed by atoms with Crippen molar-refractivity contribution in [2.75, 3.05) is 28.2 Å².